The first-order valence-electron chi connectivity index (χ1n) is 9.26. The van der Waals surface area contributed by atoms with Gasteiger partial charge in [0, 0.05) is 24.3 Å². The van der Waals surface area contributed by atoms with Gasteiger partial charge in [0.2, 0.25) is 0 Å². The van der Waals surface area contributed by atoms with Crippen LogP contribution in [-0.2, 0) is 0 Å². The Bertz CT molecular complexity index is 1050. The van der Waals surface area contributed by atoms with Gasteiger partial charge in [-0.25, -0.2) is 0 Å². The van der Waals surface area contributed by atoms with Gasteiger partial charge in [-0.15, -0.1) is 0 Å². The van der Waals surface area contributed by atoms with Crippen molar-refractivity contribution in [2.75, 3.05) is 23.3 Å². The summed E-state index contributed by atoms with van der Waals surface area (Å²) in [6, 6.07) is 19.2. The van der Waals surface area contributed by atoms with Crippen LogP contribution < -0.4 is 15.5 Å². The van der Waals surface area contributed by atoms with Crippen molar-refractivity contribution >= 4 is 57.0 Å². The molecule has 2 N–H and O–H groups in total. The number of nitrogens with one attached hydrogen (secondary N) is 2. The summed E-state index contributed by atoms with van der Waals surface area (Å²) < 4.78 is 0. The lowest BCUT2D eigenvalue weighted by atomic mass is 10.1. The zero-order valence-corrected chi connectivity index (χ0v) is 16.8. The molecule has 0 bridgehead atoms. The van der Waals surface area contributed by atoms with Crippen LogP contribution in [0.4, 0.5) is 11.4 Å². The summed E-state index contributed by atoms with van der Waals surface area (Å²) in [5.74, 6) is -0.247. The molecule has 3 aromatic rings. The predicted molar refractivity (Wildman–Crippen MR) is 121 cm³/mol. The van der Waals surface area contributed by atoms with Crippen molar-refractivity contribution in [1.82, 2.24) is 5.32 Å². The van der Waals surface area contributed by atoms with Crippen molar-refractivity contribution in [2.45, 2.75) is 12.8 Å². The Balaban J connectivity index is 1.41. The molecule has 0 aliphatic carbocycles. The van der Waals surface area contributed by atoms with Gasteiger partial charge in [0.05, 0.1) is 10.7 Å². The fraction of sp³-hybridized carbons (Fsp3) is 0.182. The molecule has 28 heavy (non-hydrogen) atoms. The number of rotatable bonds is 3. The van der Waals surface area contributed by atoms with Crippen LogP contribution in [0.2, 0.25) is 5.02 Å². The summed E-state index contributed by atoms with van der Waals surface area (Å²) in [7, 11) is 0. The van der Waals surface area contributed by atoms with Crippen molar-refractivity contribution in [3.05, 3.63) is 71.2 Å². The Hall–Kier alpha value is -2.63. The standard InChI is InChI=1S/C22H20ClN3OS/c23-19-14-18(9-10-20(19)26-11-3-4-12-26)24-22(28)25-21(27)17-8-7-15-5-1-2-6-16(15)13-17/h1-2,5-10,13-14H,3-4,11-12H2,(H2,24,25,27,28). The number of halogens is 1. The van der Waals surface area contributed by atoms with E-state index in [0.29, 0.717) is 10.6 Å². The van der Waals surface area contributed by atoms with E-state index in [2.05, 4.69) is 15.5 Å². The number of benzene rings is 3. The van der Waals surface area contributed by atoms with Gasteiger partial charge in [0.15, 0.2) is 5.11 Å². The zero-order valence-electron chi connectivity index (χ0n) is 15.2. The zero-order chi connectivity index (χ0) is 19.5. The molecular formula is C22H20ClN3OS. The van der Waals surface area contributed by atoms with Crippen molar-refractivity contribution in [3.63, 3.8) is 0 Å². The third-order valence-corrected chi connectivity index (χ3v) is 5.40. The number of hydrogen-bond acceptors (Lipinski definition) is 3. The average Bonchev–Trinajstić information content (AvgIpc) is 3.22. The highest BCUT2D eigenvalue weighted by Gasteiger charge is 2.16. The lowest BCUT2D eigenvalue weighted by Crippen LogP contribution is -2.34. The third kappa shape index (κ3) is 4.11. The van der Waals surface area contributed by atoms with Crippen LogP contribution >= 0.6 is 23.8 Å². The first-order chi connectivity index (χ1) is 13.6. The average molecular weight is 410 g/mol. The summed E-state index contributed by atoms with van der Waals surface area (Å²) in [5.41, 5.74) is 2.35. The summed E-state index contributed by atoms with van der Waals surface area (Å²) >= 11 is 11.7. The number of anilines is 2. The minimum absolute atomic E-state index is 0.239. The molecule has 4 rings (SSSR count). The van der Waals surface area contributed by atoms with Crippen LogP contribution in [0.25, 0.3) is 10.8 Å². The molecule has 0 unspecified atom stereocenters. The van der Waals surface area contributed by atoms with Gasteiger partial charge in [0.1, 0.15) is 0 Å². The van der Waals surface area contributed by atoms with Crippen LogP contribution in [0.1, 0.15) is 23.2 Å². The Labute approximate surface area is 174 Å². The van der Waals surface area contributed by atoms with Crippen molar-refractivity contribution in [1.29, 1.82) is 0 Å². The first kappa shape index (κ1) is 18.7. The number of carbonyl (C=O) groups excluding carboxylic acids is 1. The second-order valence-corrected chi connectivity index (χ2v) is 7.65. The molecule has 0 spiro atoms. The Morgan fingerprint density at radius 1 is 0.964 bits per heavy atom. The van der Waals surface area contributed by atoms with E-state index in [0.717, 1.165) is 35.2 Å². The topological polar surface area (TPSA) is 44.4 Å². The lowest BCUT2D eigenvalue weighted by molar-refractivity contribution is 0.0978. The number of nitrogens with zero attached hydrogens (tertiary/aromatic N) is 1. The molecule has 6 heteroatoms. The van der Waals surface area contributed by atoms with Crippen LogP contribution in [0, 0.1) is 0 Å². The summed E-state index contributed by atoms with van der Waals surface area (Å²) in [4.78, 5) is 14.8. The quantitative estimate of drug-likeness (QED) is 0.582. The van der Waals surface area contributed by atoms with Gasteiger partial charge in [-0.2, -0.15) is 0 Å². The van der Waals surface area contributed by atoms with E-state index < -0.39 is 0 Å². The second-order valence-electron chi connectivity index (χ2n) is 6.83. The number of fused-ring (bicyclic) bond motifs is 1. The lowest BCUT2D eigenvalue weighted by Gasteiger charge is -2.20. The molecule has 1 heterocycles. The normalized spacial score (nSPS) is 13.5. The van der Waals surface area contributed by atoms with E-state index >= 15 is 0 Å². The molecule has 0 aromatic heterocycles. The van der Waals surface area contributed by atoms with Crippen LogP contribution in [0.3, 0.4) is 0 Å². The molecule has 0 atom stereocenters. The third-order valence-electron chi connectivity index (χ3n) is 4.89. The van der Waals surface area contributed by atoms with Gasteiger partial charge in [-0.05, 0) is 66.2 Å². The second kappa shape index (κ2) is 8.17. The van der Waals surface area contributed by atoms with E-state index in [1.54, 1.807) is 6.07 Å². The Kier molecular flexibility index (Phi) is 5.46. The maximum absolute atomic E-state index is 12.5. The largest absolute Gasteiger partial charge is 0.370 e. The van der Waals surface area contributed by atoms with E-state index in [9.17, 15) is 4.79 Å². The molecule has 1 aliphatic heterocycles. The predicted octanol–water partition coefficient (Wildman–Crippen LogP) is 5.22. The molecule has 1 amide bonds. The summed E-state index contributed by atoms with van der Waals surface area (Å²) in [5, 5.41) is 8.78. The number of amides is 1. The van der Waals surface area contributed by atoms with Gasteiger partial charge < -0.3 is 10.2 Å². The maximum Gasteiger partial charge on any atom is 0.257 e. The first-order valence-corrected chi connectivity index (χ1v) is 10.0. The SMILES string of the molecule is O=C(NC(=S)Nc1ccc(N2CCCC2)c(Cl)c1)c1ccc2ccccc2c1. The number of carbonyl (C=O) groups is 1. The maximum atomic E-state index is 12.5. The molecule has 4 nitrogen and oxygen atoms in total. The number of hydrogen-bond donors (Lipinski definition) is 2. The fourth-order valence-electron chi connectivity index (χ4n) is 3.47. The van der Waals surface area contributed by atoms with Crippen LogP contribution in [-0.4, -0.2) is 24.1 Å². The van der Waals surface area contributed by atoms with Crippen molar-refractivity contribution in [2.24, 2.45) is 0 Å². The highest BCUT2D eigenvalue weighted by Crippen LogP contribution is 2.31. The minimum Gasteiger partial charge on any atom is -0.370 e. The van der Waals surface area contributed by atoms with Gasteiger partial charge >= 0.3 is 0 Å². The summed E-state index contributed by atoms with van der Waals surface area (Å²) in [6.07, 6.45) is 2.39. The fourth-order valence-corrected chi connectivity index (χ4v) is 3.98. The monoisotopic (exact) mass is 409 g/mol. The molecule has 1 saturated heterocycles. The molecule has 3 aromatic carbocycles. The van der Waals surface area contributed by atoms with Crippen LogP contribution in [0.15, 0.2) is 60.7 Å². The van der Waals surface area contributed by atoms with E-state index in [1.165, 1.54) is 12.8 Å². The molecule has 1 fully saturated rings. The smallest absolute Gasteiger partial charge is 0.257 e. The summed E-state index contributed by atoms with van der Waals surface area (Å²) in [6.45, 7) is 2.07. The molecule has 1 aliphatic rings. The Morgan fingerprint density at radius 3 is 2.46 bits per heavy atom. The van der Waals surface area contributed by atoms with Gasteiger partial charge in [0.25, 0.3) is 5.91 Å². The number of thiocarbonyl (C=S) groups is 1. The molecular weight excluding hydrogens is 390 g/mol. The minimum atomic E-state index is -0.247. The molecule has 142 valence electrons. The highest BCUT2D eigenvalue weighted by atomic mass is 35.5. The van der Waals surface area contributed by atoms with Crippen LogP contribution in [0.5, 0.6) is 0 Å². The van der Waals surface area contributed by atoms with E-state index in [-0.39, 0.29) is 11.0 Å². The Morgan fingerprint density at radius 2 is 1.71 bits per heavy atom. The van der Waals surface area contributed by atoms with E-state index in [4.69, 9.17) is 23.8 Å². The molecule has 0 saturated carbocycles. The van der Waals surface area contributed by atoms with Crippen molar-refractivity contribution < 1.29 is 4.79 Å². The molecule has 0 radical (unpaired) electrons. The van der Waals surface area contributed by atoms with Gasteiger partial charge in [-0.3, -0.25) is 10.1 Å². The van der Waals surface area contributed by atoms with E-state index in [1.807, 2.05) is 54.6 Å². The van der Waals surface area contributed by atoms with Crippen molar-refractivity contribution in [3.8, 4) is 0 Å². The van der Waals surface area contributed by atoms with Gasteiger partial charge in [-0.1, -0.05) is 41.9 Å². The highest BCUT2D eigenvalue weighted by molar-refractivity contribution is 7.80.